The van der Waals surface area contributed by atoms with Crippen molar-refractivity contribution in [3.05, 3.63) is 41.9 Å². The monoisotopic (exact) mass is 348 g/mol. The summed E-state index contributed by atoms with van der Waals surface area (Å²) in [6, 6.07) is 7.81. The third-order valence-electron chi connectivity index (χ3n) is 4.07. The number of aryl methyl sites for hydroxylation is 1. The Morgan fingerprint density at radius 3 is 2.71 bits per heavy atom. The summed E-state index contributed by atoms with van der Waals surface area (Å²) in [5.41, 5.74) is 1.03. The van der Waals surface area contributed by atoms with Gasteiger partial charge in [0.15, 0.2) is 0 Å². The number of halogens is 1. The van der Waals surface area contributed by atoms with Gasteiger partial charge in [0.25, 0.3) is 0 Å². The highest BCUT2D eigenvalue weighted by Crippen LogP contribution is 2.25. The van der Waals surface area contributed by atoms with E-state index in [-0.39, 0.29) is 6.03 Å². The molecule has 0 radical (unpaired) electrons. The first-order chi connectivity index (χ1) is 11.7. The molecule has 0 atom stereocenters. The van der Waals surface area contributed by atoms with Gasteiger partial charge >= 0.3 is 6.03 Å². The number of para-hydroxylation sites is 1. The molecule has 1 aromatic heterocycles. The maximum Gasteiger partial charge on any atom is 0.317 e. The van der Waals surface area contributed by atoms with Crippen LogP contribution in [-0.2, 0) is 6.54 Å². The van der Waals surface area contributed by atoms with Gasteiger partial charge < -0.3 is 15.1 Å². The molecular weight excluding hydrogens is 328 g/mol. The Labute approximate surface area is 146 Å². The Kier molecular flexibility index (Phi) is 5.53. The minimum Gasteiger partial charge on any atom is -0.367 e. The number of amides is 2. The summed E-state index contributed by atoms with van der Waals surface area (Å²) < 4.78 is 1.76. The molecule has 1 aliphatic rings. The van der Waals surface area contributed by atoms with E-state index in [1.165, 1.54) is 6.33 Å². The molecule has 2 aromatic rings. The van der Waals surface area contributed by atoms with Gasteiger partial charge in [-0.3, -0.25) is 4.68 Å². The van der Waals surface area contributed by atoms with Crippen LogP contribution in [0, 0.1) is 0 Å². The van der Waals surface area contributed by atoms with E-state index in [2.05, 4.69) is 20.3 Å². The predicted molar refractivity (Wildman–Crippen MR) is 93.3 cm³/mol. The lowest BCUT2D eigenvalue weighted by molar-refractivity contribution is 0.194. The van der Waals surface area contributed by atoms with Gasteiger partial charge in [0.1, 0.15) is 12.7 Å². The summed E-state index contributed by atoms with van der Waals surface area (Å²) in [6.07, 6.45) is 4.02. The van der Waals surface area contributed by atoms with Crippen LogP contribution in [0.2, 0.25) is 5.02 Å². The van der Waals surface area contributed by atoms with E-state index < -0.39 is 0 Å². The van der Waals surface area contributed by atoms with E-state index >= 15 is 0 Å². The third kappa shape index (κ3) is 4.17. The summed E-state index contributed by atoms with van der Waals surface area (Å²) in [6.45, 7) is 4.34. The van der Waals surface area contributed by atoms with Crippen molar-refractivity contribution in [2.45, 2.75) is 13.0 Å². The molecule has 1 saturated heterocycles. The van der Waals surface area contributed by atoms with Crippen LogP contribution in [-0.4, -0.2) is 58.4 Å². The molecule has 1 aliphatic heterocycles. The average Bonchev–Trinajstić information content (AvgIpc) is 3.13. The summed E-state index contributed by atoms with van der Waals surface area (Å²) in [5, 5.41) is 7.75. The molecule has 3 rings (SSSR count). The minimum atomic E-state index is -0.00704. The van der Waals surface area contributed by atoms with Gasteiger partial charge in [0.2, 0.25) is 0 Å². The predicted octanol–water partition coefficient (Wildman–Crippen LogP) is 1.85. The molecule has 2 amide bonds. The van der Waals surface area contributed by atoms with Crippen molar-refractivity contribution in [2.24, 2.45) is 0 Å². The summed E-state index contributed by atoms with van der Waals surface area (Å²) in [7, 11) is 0. The first kappa shape index (κ1) is 16.6. The largest absolute Gasteiger partial charge is 0.367 e. The van der Waals surface area contributed by atoms with Gasteiger partial charge in [0, 0.05) is 39.3 Å². The van der Waals surface area contributed by atoms with Gasteiger partial charge in [-0.15, -0.1) is 0 Å². The van der Waals surface area contributed by atoms with Crippen molar-refractivity contribution in [3.8, 4) is 0 Å². The van der Waals surface area contributed by atoms with Gasteiger partial charge in [-0.1, -0.05) is 23.7 Å². The molecule has 1 N–H and O–H groups in total. The second kappa shape index (κ2) is 8.01. The first-order valence-corrected chi connectivity index (χ1v) is 8.46. The number of aromatic nitrogens is 3. The van der Waals surface area contributed by atoms with Crippen LogP contribution < -0.4 is 10.2 Å². The number of carbonyl (C=O) groups is 1. The highest BCUT2D eigenvalue weighted by molar-refractivity contribution is 6.33. The minimum absolute atomic E-state index is 0.00704. The average molecular weight is 349 g/mol. The van der Waals surface area contributed by atoms with Crippen molar-refractivity contribution in [3.63, 3.8) is 0 Å². The molecule has 128 valence electrons. The molecule has 1 fully saturated rings. The van der Waals surface area contributed by atoms with Crippen molar-refractivity contribution in [1.29, 1.82) is 0 Å². The molecule has 2 heterocycles. The van der Waals surface area contributed by atoms with Crippen LogP contribution in [0.1, 0.15) is 6.42 Å². The molecule has 7 nitrogen and oxygen atoms in total. The number of anilines is 1. The summed E-state index contributed by atoms with van der Waals surface area (Å²) >= 11 is 6.24. The number of carbonyl (C=O) groups excluding carboxylic acids is 1. The van der Waals surface area contributed by atoms with Crippen LogP contribution in [0.3, 0.4) is 0 Å². The fourth-order valence-corrected chi connectivity index (χ4v) is 3.01. The lowest BCUT2D eigenvalue weighted by Crippen LogP contribution is -2.52. The van der Waals surface area contributed by atoms with Gasteiger partial charge in [-0.05, 0) is 18.6 Å². The van der Waals surface area contributed by atoms with Crippen molar-refractivity contribution in [1.82, 2.24) is 25.0 Å². The van der Waals surface area contributed by atoms with E-state index in [0.29, 0.717) is 19.6 Å². The normalized spacial score (nSPS) is 14.7. The van der Waals surface area contributed by atoms with Crippen molar-refractivity contribution < 1.29 is 4.79 Å². The van der Waals surface area contributed by atoms with Gasteiger partial charge in [0.05, 0.1) is 10.7 Å². The Bertz CT molecular complexity index is 654. The lowest BCUT2D eigenvalue weighted by atomic mass is 10.2. The molecule has 0 saturated carbocycles. The van der Waals surface area contributed by atoms with Crippen LogP contribution in [0.4, 0.5) is 10.5 Å². The molecule has 8 heteroatoms. The lowest BCUT2D eigenvalue weighted by Gasteiger charge is -2.36. The van der Waals surface area contributed by atoms with Crippen LogP contribution in [0.5, 0.6) is 0 Å². The number of rotatable bonds is 5. The van der Waals surface area contributed by atoms with Crippen LogP contribution in [0.25, 0.3) is 0 Å². The van der Waals surface area contributed by atoms with Crippen LogP contribution >= 0.6 is 11.6 Å². The quantitative estimate of drug-likeness (QED) is 0.837. The number of nitrogens with one attached hydrogen (secondary N) is 1. The Morgan fingerprint density at radius 2 is 2.00 bits per heavy atom. The number of urea groups is 1. The number of hydrogen-bond acceptors (Lipinski definition) is 4. The Hall–Kier alpha value is -2.28. The maximum atomic E-state index is 12.2. The Balaban J connectivity index is 1.39. The summed E-state index contributed by atoms with van der Waals surface area (Å²) in [5.74, 6) is 0. The Morgan fingerprint density at radius 1 is 1.21 bits per heavy atom. The molecule has 0 spiro atoms. The second-order valence-corrected chi connectivity index (χ2v) is 6.08. The maximum absolute atomic E-state index is 12.2. The first-order valence-electron chi connectivity index (χ1n) is 8.09. The van der Waals surface area contributed by atoms with E-state index in [4.69, 9.17) is 11.6 Å². The summed E-state index contributed by atoms with van der Waals surface area (Å²) in [4.78, 5) is 20.2. The van der Waals surface area contributed by atoms with E-state index in [1.807, 2.05) is 29.2 Å². The van der Waals surface area contributed by atoms with E-state index in [1.54, 1.807) is 11.0 Å². The number of piperazine rings is 1. The van der Waals surface area contributed by atoms with E-state index in [9.17, 15) is 4.79 Å². The highest BCUT2D eigenvalue weighted by atomic mass is 35.5. The molecule has 0 aliphatic carbocycles. The molecular formula is C16H21ClN6O. The number of nitrogens with zero attached hydrogens (tertiary/aromatic N) is 5. The van der Waals surface area contributed by atoms with E-state index in [0.717, 1.165) is 36.8 Å². The third-order valence-corrected chi connectivity index (χ3v) is 4.39. The molecule has 24 heavy (non-hydrogen) atoms. The highest BCUT2D eigenvalue weighted by Gasteiger charge is 2.21. The molecule has 0 bridgehead atoms. The number of benzene rings is 1. The fraction of sp³-hybridized carbons (Fsp3) is 0.438. The van der Waals surface area contributed by atoms with Gasteiger partial charge in [-0.2, -0.15) is 5.10 Å². The standard InChI is InChI=1S/C16H21ClN6O/c17-14-4-1-2-5-15(14)21-8-10-22(11-9-21)16(24)19-6-3-7-23-13-18-12-20-23/h1-2,4-5,12-13H,3,6-11H2,(H,19,24). The van der Waals surface area contributed by atoms with Crippen molar-refractivity contribution >= 4 is 23.3 Å². The molecule has 0 unspecified atom stereocenters. The smallest absolute Gasteiger partial charge is 0.317 e. The fourth-order valence-electron chi connectivity index (χ4n) is 2.76. The number of hydrogen-bond donors (Lipinski definition) is 1. The topological polar surface area (TPSA) is 66.3 Å². The zero-order chi connectivity index (χ0) is 16.8. The zero-order valence-corrected chi connectivity index (χ0v) is 14.2. The van der Waals surface area contributed by atoms with Crippen molar-refractivity contribution in [2.75, 3.05) is 37.6 Å². The zero-order valence-electron chi connectivity index (χ0n) is 13.4. The molecule has 1 aromatic carbocycles. The van der Waals surface area contributed by atoms with Crippen LogP contribution in [0.15, 0.2) is 36.9 Å². The SMILES string of the molecule is O=C(NCCCn1cncn1)N1CCN(c2ccccc2Cl)CC1. The van der Waals surface area contributed by atoms with Gasteiger partial charge in [-0.25, -0.2) is 9.78 Å². The second-order valence-electron chi connectivity index (χ2n) is 5.67.